The van der Waals surface area contributed by atoms with Gasteiger partial charge in [-0.2, -0.15) is 0 Å². The SMILES string of the molecule is C=C.C=CC=C.CC. The molecule has 0 atom stereocenters. The highest BCUT2D eigenvalue weighted by molar-refractivity contribution is 4.88. The zero-order chi connectivity index (χ0) is 7.41. The summed E-state index contributed by atoms with van der Waals surface area (Å²) < 4.78 is 0. The van der Waals surface area contributed by atoms with Gasteiger partial charge in [0.05, 0.1) is 0 Å². The normalized spacial score (nSPS) is 3.75. The van der Waals surface area contributed by atoms with Crippen molar-refractivity contribution >= 4 is 0 Å². The van der Waals surface area contributed by atoms with Crippen molar-refractivity contribution in [2.75, 3.05) is 0 Å². The predicted molar refractivity (Wildman–Crippen MR) is 43.0 cm³/mol. The highest BCUT2D eigenvalue weighted by atomic mass is 13.4. The summed E-state index contributed by atoms with van der Waals surface area (Å²) in [5.74, 6) is 0. The molecule has 0 N–H and O–H groups in total. The van der Waals surface area contributed by atoms with E-state index in [-0.39, 0.29) is 0 Å². The van der Waals surface area contributed by atoms with E-state index in [1.807, 2.05) is 13.8 Å². The molecule has 0 aliphatic carbocycles. The van der Waals surface area contributed by atoms with Crippen LogP contribution in [0.15, 0.2) is 38.5 Å². The van der Waals surface area contributed by atoms with Crippen LogP contribution in [-0.4, -0.2) is 0 Å². The fraction of sp³-hybridized carbons (Fsp3) is 0.250. The maximum absolute atomic E-state index is 3.36. The van der Waals surface area contributed by atoms with Gasteiger partial charge in [-0.3, -0.25) is 0 Å². The topological polar surface area (TPSA) is 0 Å². The van der Waals surface area contributed by atoms with Crippen molar-refractivity contribution in [1.29, 1.82) is 0 Å². The monoisotopic (exact) mass is 112 g/mol. The molecule has 0 bridgehead atoms. The largest absolute Gasteiger partial charge is 0.106 e. The molecule has 0 heteroatoms. The Balaban J connectivity index is -0.0000000542. The lowest BCUT2D eigenvalue weighted by Crippen LogP contribution is -1.21. The van der Waals surface area contributed by atoms with Crippen LogP contribution < -0.4 is 0 Å². The average molecular weight is 112 g/mol. The smallest absolute Gasteiger partial charge is 0.0683 e. The molecule has 0 aromatic heterocycles. The second-order valence-corrected chi connectivity index (χ2v) is 0.471. The van der Waals surface area contributed by atoms with Gasteiger partial charge in [0.15, 0.2) is 0 Å². The highest BCUT2D eigenvalue weighted by Gasteiger charge is 1.29. The lowest BCUT2D eigenvalue weighted by molar-refractivity contribution is 1.50. The summed E-state index contributed by atoms with van der Waals surface area (Å²) in [6.07, 6.45) is 3.28. The fourth-order valence-corrected chi connectivity index (χ4v) is 0. The lowest BCUT2D eigenvalue weighted by atomic mass is 10.6. The van der Waals surface area contributed by atoms with Crippen molar-refractivity contribution in [3.63, 3.8) is 0 Å². The van der Waals surface area contributed by atoms with E-state index in [4.69, 9.17) is 0 Å². The van der Waals surface area contributed by atoms with Gasteiger partial charge in [-0.1, -0.05) is 39.2 Å². The predicted octanol–water partition coefficient (Wildman–Crippen LogP) is 3.19. The third-order valence-electron chi connectivity index (χ3n) is 0.167. The fourth-order valence-electron chi connectivity index (χ4n) is 0. The minimum atomic E-state index is 1.64. The molecular weight excluding hydrogens is 96.1 g/mol. The van der Waals surface area contributed by atoms with Crippen LogP contribution >= 0.6 is 0 Å². The van der Waals surface area contributed by atoms with Crippen LogP contribution in [0.3, 0.4) is 0 Å². The Hall–Kier alpha value is -0.780. The van der Waals surface area contributed by atoms with E-state index < -0.39 is 0 Å². The van der Waals surface area contributed by atoms with Crippen molar-refractivity contribution in [3.8, 4) is 0 Å². The molecule has 0 unspecified atom stereocenters. The first kappa shape index (κ1) is 15.7. The van der Waals surface area contributed by atoms with Gasteiger partial charge in [0.25, 0.3) is 0 Å². The van der Waals surface area contributed by atoms with Crippen molar-refractivity contribution in [2.45, 2.75) is 13.8 Å². The summed E-state index contributed by atoms with van der Waals surface area (Å²) in [6.45, 7) is 16.7. The molecule has 0 rings (SSSR count). The van der Waals surface area contributed by atoms with E-state index in [0.29, 0.717) is 0 Å². The molecule has 0 fully saturated rings. The maximum atomic E-state index is 3.36. The Labute approximate surface area is 53.2 Å². The number of hydrogen-bond donors (Lipinski definition) is 0. The standard InChI is InChI=1S/C4H6.C2H6.C2H4/c1-3-4-2;2*1-2/h3-4H,1-2H2;1-2H3;1-2H2. The van der Waals surface area contributed by atoms with Crippen molar-refractivity contribution in [1.82, 2.24) is 0 Å². The Kier molecular flexibility index (Phi) is 223. The number of rotatable bonds is 1. The first-order chi connectivity index (χ1) is 3.91. The van der Waals surface area contributed by atoms with Gasteiger partial charge in [0.2, 0.25) is 0 Å². The van der Waals surface area contributed by atoms with E-state index >= 15 is 0 Å². The van der Waals surface area contributed by atoms with Gasteiger partial charge in [-0.05, 0) is 0 Å². The molecule has 0 aromatic rings. The first-order valence-corrected chi connectivity index (χ1v) is 2.65. The third-order valence-corrected chi connectivity index (χ3v) is 0.167. The summed E-state index contributed by atoms with van der Waals surface area (Å²) in [5, 5.41) is 0. The van der Waals surface area contributed by atoms with Crippen molar-refractivity contribution in [3.05, 3.63) is 38.5 Å². The van der Waals surface area contributed by atoms with Crippen LogP contribution in [0.2, 0.25) is 0 Å². The van der Waals surface area contributed by atoms with Gasteiger partial charge < -0.3 is 0 Å². The molecule has 0 aliphatic rings. The molecule has 0 aromatic carbocycles. The Morgan fingerprint density at radius 1 is 0.875 bits per heavy atom. The summed E-state index contributed by atoms with van der Waals surface area (Å²) in [7, 11) is 0. The molecule has 0 radical (unpaired) electrons. The summed E-state index contributed by atoms with van der Waals surface area (Å²) in [6, 6.07) is 0. The van der Waals surface area contributed by atoms with Gasteiger partial charge in [-0.25, -0.2) is 0 Å². The van der Waals surface area contributed by atoms with E-state index in [2.05, 4.69) is 26.3 Å². The van der Waals surface area contributed by atoms with Crippen LogP contribution in [0.4, 0.5) is 0 Å². The quantitative estimate of drug-likeness (QED) is 0.361. The number of allylic oxidation sites excluding steroid dienone is 2. The molecule has 0 saturated heterocycles. The van der Waals surface area contributed by atoms with Crippen LogP contribution in [0.1, 0.15) is 13.8 Å². The van der Waals surface area contributed by atoms with Crippen LogP contribution in [0.25, 0.3) is 0 Å². The Morgan fingerprint density at radius 2 is 1.00 bits per heavy atom. The van der Waals surface area contributed by atoms with Crippen molar-refractivity contribution < 1.29 is 0 Å². The maximum Gasteiger partial charge on any atom is -0.0683 e. The van der Waals surface area contributed by atoms with Gasteiger partial charge in [0, 0.05) is 0 Å². The highest BCUT2D eigenvalue weighted by Crippen LogP contribution is 1.52. The minimum Gasteiger partial charge on any atom is -0.106 e. The summed E-state index contributed by atoms with van der Waals surface area (Å²) in [5.41, 5.74) is 0. The molecule has 0 heterocycles. The summed E-state index contributed by atoms with van der Waals surface area (Å²) in [4.78, 5) is 0. The van der Waals surface area contributed by atoms with E-state index in [1.165, 1.54) is 0 Å². The molecule has 48 valence electrons. The molecular formula is C8H16. The van der Waals surface area contributed by atoms with E-state index in [0.717, 1.165) is 0 Å². The average Bonchev–Trinajstić information content (AvgIpc) is 1.96. The van der Waals surface area contributed by atoms with E-state index in [9.17, 15) is 0 Å². The van der Waals surface area contributed by atoms with Crippen LogP contribution in [-0.2, 0) is 0 Å². The Bertz CT molecular complexity index is 29.3. The van der Waals surface area contributed by atoms with E-state index in [1.54, 1.807) is 12.2 Å². The second kappa shape index (κ2) is 114. The molecule has 0 saturated carbocycles. The molecule has 0 aliphatic heterocycles. The minimum absolute atomic E-state index is 1.64. The second-order valence-electron chi connectivity index (χ2n) is 0.471. The Morgan fingerprint density at radius 3 is 1.00 bits per heavy atom. The molecule has 8 heavy (non-hydrogen) atoms. The van der Waals surface area contributed by atoms with Gasteiger partial charge in [-0.15, -0.1) is 13.2 Å². The molecule has 0 spiro atoms. The summed E-state index contributed by atoms with van der Waals surface area (Å²) >= 11 is 0. The third kappa shape index (κ3) is 1920. The van der Waals surface area contributed by atoms with Crippen LogP contribution in [0.5, 0.6) is 0 Å². The zero-order valence-electron chi connectivity index (χ0n) is 5.98. The van der Waals surface area contributed by atoms with Gasteiger partial charge in [0.1, 0.15) is 0 Å². The molecule has 0 nitrogen and oxygen atoms in total. The van der Waals surface area contributed by atoms with Crippen molar-refractivity contribution in [2.24, 2.45) is 0 Å². The van der Waals surface area contributed by atoms with Gasteiger partial charge >= 0.3 is 0 Å². The van der Waals surface area contributed by atoms with Crippen LogP contribution in [0, 0.1) is 0 Å². The lowest BCUT2D eigenvalue weighted by Gasteiger charge is -1.44. The number of hydrogen-bond acceptors (Lipinski definition) is 0. The zero-order valence-corrected chi connectivity index (χ0v) is 5.98. The first-order valence-electron chi connectivity index (χ1n) is 2.65. The molecule has 0 amide bonds.